The second-order valence-corrected chi connectivity index (χ2v) is 6.59. The Labute approximate surface area is 111 Å². The number of H-pyrrole nitrogens is 1. The van der Waals surface area contributed by atoms with Crippen LogP contribution in [0.5, 0.6) is 0 Å². The molecule has 1 saturated heterocycles. The first-order chi connectivity index (χ1) is 8.88. The summed E-state index contributed by atoms with van der Waals surface area (Å²) in [6.07, 6.45) is 2.15. The average molecular weight is 287 g/mol. The lowest BCUT2D eigenvalue weighted by molar-refractivity contribution is 0.0691. The van der Waals surface area contributed by atoms with Crippen LogP contribution in [0.4, 0.5) is 0 Å². The number of rotatable bonds is 5. The van der Waals surface area contributed by atoms with Gasteiger partial charge in [-0.25, -0.2) is 17.9 Å². The fraction of sp³-hybridized carbons (Fsp3) is 0.545. The van der Waals surface area contributed by atoms with E-state index in [1.165, 1.54) is 6.20 Å². The number of aromatic carboxylic acids is 1. The summed E-state index contributed by atoms with van der Waals surface area (Å²) in [5.74, 6) is -0.878. The van der Waals surface area contributed by atoms with Gasteiger partial charge in [0.15, 0.2) is 0 Å². The highest BCUT2D eigenvalue weighted by atomic mass is 32.2. The van der Waals surface area contributed by atoms with Crippen molar-refractivity contribution in [2.45, 2.75) is 11.3 Å². The highest BCUT2D eigenvalue weighted by molar-refractivity contribution is 7.89. The van der Waals surface area contributed by atoms with Crippen molar-refractivity contribution in [3.63, 3.8) is 0 Å². The first-order valence-corrected chi connectivity index (χ1v) is 7.47. The first kappa shape index (κ1) is 14.0. The molecule has 2 heterocycles. The smallest absolute Gasteiger partial charge is 0.352 e. The fourth-order valence-corrected chi connectivity index (χ4v) is 3.27. The summed E-state index contributed by atoms with van der Waals surface area (Å²) < 4.78 is 26.5. The van der Waals surface area contributed by atoms with Crippen molar-refractivity contribution in [2.75, 3.05) is 26.7 Å². The summed E-state index contributed by atoms with van der Waals surface area (Å²) in [5, 5.41) is 8.74. The Hall–Kier alpha value is -1.38. The number of carboxylic acid groups (broad SMARTS) is 1. The zero-order valence-electron chi connectivity index (χ0n) is 10.6. The third kappa shape index (κ3) is 3.34. The summed E-state index contributed by atoms with van der Waals surface area (Å²) in [7, 11) is -1.64. The molecule has 0 amide bonds. The number of hydrogen-bond acceptors (Lipinski definition) is 4. The minimum absolute atomic E-state index is 0.0451. The van der Waals surface area contributed by atoms with E-state index in [0.717, 1.165) is 25.6 Å². The second kappa shape index (κ2) is 5.32. The molecule has 2 rings (SSSR count). The third-order valence-electron chi connectivity index (χ3n) is 3.25. The summed E-state index contributed by atoms with van der Waals surface area (Å²) in [5.41, 5.74) is -0.138. The van der Waals surface area contributed by atoms with Gasteiger partial charge in [-0.05, 0) is 32.0 Å². The molecule has 7 nitrogen and oxygen atoms in total. The summed E-state index contributed by atoms with van der Waals surface area (Å²) >= 11 is 0. The van der Waals surface area contributed by atoms with Gasteiger partial charge in [0.25, 0.3) is 0 Å². The van der Waals surface area contributed by atoms with Crippen LogP contribution < -0.4 is 4.72 Å². The molecule has 1 aliphatic rings. The molecular formula is C11H17N3O4S. The van der Waals surface area contributed by atoms with Crippen molar-refractivity contribution in [3.8, 4) is 0 Å². The predicted molar refractivity (Wildman–Crippen MR) is 68.5 cm³/mol. The molecule has 106 valence electrons. The van der Waals surface area contributed by atoms with E-state index < -0.39 is 16.0 Å². The monoisotopic (exact) mass is 287 g/mol. The summed E-state index contributed by atoms with van der Waals surface area (Å²) in [6.45, 7) is 2.22. The Morgan fingerprint density at radius 1 is 1.63 bits per heavy atom. The second-order valence-electron chi connectivity index (χ2n) is 4.82. The van der Waals surface area contributed by atoms with Gasteiger partial charge in [0.1, 0.15) is 10.6 Å². The van der Waals surface area contributed by atoms with Crippen LogP contribution in [0.15, 0.2) is 17.2 Å². The number of aromatic nitrogens is 1. The maximum absolute atomic E-state index is 12.0. The quantitative estimate of drug-likeness (QED) is 0.704. The summed E-state index contributed by atoms with van der Waals surface area (Å²) in [6, 6.07) is 1.12. The van der Waals surface area contributed by atoms with Gasteiger partial charge in [-0.3, -0.25) is 0 Å². The van der Waals surface area contributed by atoms with Crippen molar-refractivity contribution in [3.05, 3.63) is 18.0 Å². The predicted octanol–water partition coefficient (Wildman–Crippen LogP) is -0.0571. The van der Waals surface area contributed by atoms with Crippen LogP contribution in [0.25, 0.3) is 0 Å². The number of carboxylic acids is 1. The number of hydrogen-bond donors (Lipinski definition) is 3. The molecule has 0 aromatic carbocycles. The molecule has 3 N–H and O–H groups in total. The van der Waals surface area contributed by atoms with Crippen molar-refractivity contribution in [1.82, 2.24) is 14.6 Å². The van der Waals surface area contributed by atoms with Crippen molar-refractivity contribution in [2.24, 2.45) is 5.92 Å². The van der Waals surface area contributed by atoms with Crippen LogP contribution in [-0.2, 0) is 10.0 Å². The molecule has 1 aromatic heterocycles. The molecule has 0 spiro atoms. The molecule has 0 saturated carbocycles. The van der Waals surface area contributed by atoms with Crippen LogP contribution in [0.2, 0.25) is 0 Å². The molecule has 0 aliphatic carbocycles. The molecule has 1 fully saturated rings. The maximum Gasteiger partial charge on any atom is 0.352 e. The number of aromatic amines is 1. The van der Waals surface area contributed by atoms with Crippen molar-refractivity contribution >= 4 is 16.0 Å². The minimum Gasteiger partial charge on any atom is -0.477 e. The highest BCUT2D eigenvalue weighted by Gasteiger charge is 2.23. The lowest BCUT2D eigenvalue weighted by Gasteiger charge is -2.11. The fourth-order valence-electron chi connectivity index (χ4n) is 2.16. The lowest BCUT2D eigenvalue weighted by atomic mass is 10.1. The van der Waals surface area contributed by atoms with Crippen LogP contribution in [-0.4, -0.2) is 56.1 Å². The number of sulfonamides is 1. The van der Waals surface area contributed by atoms with Gasteiger partial charge in [-0.1, -0.05) is 0 Å². The van der Waals surface area contributed by atoms with Crippen LogP contribution in [0.3, 0.4) is 0 Å². The van der Waals surface area contributed by atoms with Gasteiger partial charge in [0.05, 0.1) is 0 Å². The first-order valence-electron chi connectivity index (χ1n) is 5.98. The van der Waals surface area contributed by atoms with Gasteiger partial charge in [0.2, 0.25) is 10.0 Å². The molecule has 1 aliphatic heterocycles. The van der Waals surface area contributed by atoms with Gasteiger partial charge < -0.3 is 15.0 Å². The van der Waals surface area contributed by atoms with Gasteiger partial charge in [-0.2, -0.15) is 0 Å². The van der Waals surface area contributed by atoms with E-state index in [4.69, 9.17) is 5.11 Å². The number of nitrogens with one attached hydrogen (secondary N) is 2. The highest BCUT2D eigenvalue weighted by Crippen LogP contribution is 2.15. The van der Waals surface area contributed by atoms with E-state index in [9.17, 15) is 13.2 Å². The lowest BCUT2D eigenvalue weighted by Crippen LogP contribution is -2.30. The van der Waals surface area contributed by atoms with Gasteiger partial charge in [-0.15, -0.1) is 0 Å². The zero-order chi connectivity index (χ0) is 14.0. The Morgan fingerprint density at radius 2 is 2.37 bits per heavy atom. The van der Waals surface area contributed by atoms with E-state index in [1.807, 2.05) is 7.05 Å². The molecule has 1 unspecified atom stereocenters. The number of nitrogens with zero attached hydrogens (tertiary/aromatic N) is 1. The van der Waals surface area contributed by atoms with Crippen molar-refractivity contribution < 1.29 is 18.3 Å². The van der Waals surface area contributed by atoms with Crippen molar-refractivity contribution in [1.29, 1.82) is 0 Å². The van der Waals surface area contributed by atoms with Gasteiger partial charge >= 0.3 is 5.97 Å². The average Bonchev–Trinajstić information content (AvgIpc) is 2.95. The maximum atomic E-state index is 12.0. The van der Waals surface area contributed by atoms with Gasteiger partial charge in [0, 0.05) is 19.3 Å². The summed E-state index contributed by atoms with van der Waals surface area (Å²) in [4.78, 5) is 15.2. The topological polar surface area (TPSA) is 103 Å². The normalized spacial score (nSPS) is 20.8. The Morgan fingerprint density at radius 3 is 2.89 bits per heavy atom. The molecule has 19 heavy (non-hydrogen) atoms. The van der Waals surface area contributed by atoms with E-state index in [2.05, 4.69) is 14.6 Å². The molecule has 1 aromatic rings. The SMILES string of the molecule is CN1CCC(CNS(=O)(=O)c2c[nH]c(C(=O)O)c2)C1. The third-order valence-corrected chi connectivity index (χ3v) is 4.65. The van der Waals surface area contributed by atoms with E-state index >= 15 is 0 Å². The zero-order valence-corrected chi connectivity index (χ0v) is 11.4. The standard InChI is InChI=1S/C11H17N3O4S/c1-14-3-2-8(7-14)5-13-19(17,18)9-4-10(11(15)16)12-6-9/h4,6,8,12-13H,2-3,5,7H2,1H3,(H,15,16). The van der Waals surface area contributed by atoms with E-state index in [-0.39, 0.29) is 10.6 Å². The van der Waals surface area contributed by atoms with Crippen LogP contribution in [0, 0.1) is 5.92 Å². The number of likely N-dealkylation sites (tertiary alicyclic amines) is 1. The van der Waals surface area contributed by atoms with E-state index in [0.29, 0.717) is 12.5 Å². The molecule has 0 radical (unpaired) electrons. The molecule has 0 bridgehead atoms. The molecule has 1 atom stereocenters. The van der Waals surface area contributed by atoms with E-state index in [1.54, 1.807) is 0 Å². The van der Waals surface area contributed by atoms with Crippen LogP contribution in [0.1, 0.15) is 16.9 Å². The Kier molecular flexibility index (Phi) is 3.93. The Balaban J connectivity index is 1.99. The largest absolute Gasteiger partial charge is 0.477 e. The molecular weight excluding hydrogens is 270 g/mol. The molecule has 8 heteroatoms. The minimum atomic E-state index is -3.64. The van der Waals surface area contributed by atoms with Crippen LogP contribution >= 0.6 is 0 Å². The Bertz CT molecular complexity index is 566. The number of carbonyl (C=O) groups is 1.